The van der Waals surface area contributed by atoms with Crippen molar-refractivity contribution in [1.29, 1.82) is 0 Å². The molecule has 0 saturated carbocycles. The van der Waals surface area contributed by atoms with E-state index in [0.29, 0.717) is 6.42 Å². The smallest absolute Gasteiger partial charge is 0.225 e. The fraction of sp³-hybridized carbons (Fsp3) is 0.211. The van der Waals surface area contributed by atoms with Crippen molar-refractivity contribution in [2.24, 2.45) is 0 Å². The highest BCUT2D eigenvalue weighted by molar-refractivity contribution is 6.06. The van der Waals surface area contributed by atoms with Crippen molar-refractivity contribution in [3.63, 3.8) is 0 Å². The van der Waals surface area contributed by atoms with Crippen molar-refractivity contribution in [2.75, 3.05) is 5.32 Å². The second-order valence-corrected chi connectivity index (χ2v) is 5.34. The average Bonchev–Trinajstić information content (AvgIpc) is 2.51. The quantitative estimate of drug-likeness (QED) is 0.786. The fourth-order valence-electron chi connectivity index (χ4n) is 3.11. The highest BCUT2D eigenvalue weighted by Crippen LogP contribution is 2.41. The molecule has 0 saturated heterocycles. The van der Waals surface area contributed by atoms with Gasteiger partial charge in [0.1, 0.15) is 0 Å². The van der Waals surface area contributed by atoms with E-state index in [-0.39, 0.29) is 11.8 Å². The predicted molar refractivity (Wildman–Crippen MR) is 88.5 cm³/mol. The molecule has 1 amide bonds. The van der Waals surface area contributed by atoms with Crippen LogP contribution < -0.4 is 5.32 Å². The minimum atomic E-state index is 0.0905. The van der Waals surface area contributed by atoms with Crippen LogP contribution in [0.25, 0.3) is 10.8 Å². The molecule has 0 fully saturated rings. The highest BCUT2D eigenvalue weighted by atomic mass is 16.1. The molecule has 1 heterocycles. The molecular formula is C19H19NO. The van der Waals surface area contributed by atoms with Crippen LogP contribution in [-0.4, -0.2) is 5.91 Å². The zero-order chi connectivity index (χ0) is 14.8. The van der Waals surface area contributed by atoms with E-state index in [1.807, 2.05) is 32.1 Å². The molecule has 1 N–H and O–H groups in total. The van der Waals surface area contributed by atoms with Crippen molar-refractivity contribution in [3.8, 4) is 0 Å². The summed E-state index contributed by atoms with van der Waals surface area (Å²) in [5.74, 6) is 0.229. The summed E-state index contributed by atoms with van der Waals surface area (Å²) in [5, 5.41) is 5.34. The van der Waals surface area contributed by atoms with Gasteiger partial charge in [0.2, 0.25) is 5.91 Å². The lowest BCUT2D eigenvalue weighted by atomic mass is 9.82. The van der Waals surface area contributed by atoms with Crippen LogP contribution in [0.5, 0.6) is 0 Å². The average molecular weight is 277 g/mol. The van der Waals surface area contributed by atoms with Crippen LogP contribution in [0.2, 0.25) is 0 Å². The molecule has 1 aliphatic rings. The molecule has 1 unspecified atom stereocenters. The molecule has 1 atom stereocenters. The van der Waals surface area contributed by atoms with Crippen LogP contribution in [0.3, 0.4) is 0 Å². The zero-order valence-corrected chi connectivity index (χ0v) is 12.4. The Kier molecular flexibility index (Phi) is 3.61. The molecular weight excluding hydrogens is 258 g/mol. The van der Waals surface area contributed by atoms with Crippen molar-refractivity contribution in [2.45, 2.75) is 26.2 Å². The third-order valence-electron chi connectivity index (χ3n) is 4.09. The van der Waals surface area contributed by atoms with E-state index >= 15 is 0 Å². The number of amides is 1. The van der Waals surface area contributed by atoms with Crippen LogP contribution in [0.1, 0.15) is 31.7 Å². The van der Waals surface area contributed by atoms with E-state index < -0.39 is 0 Å². The second-order valence-electron chi connectivity index (χ2n) is 5.34. The summed E-state index contributed by atoms with van der Waals surface area (Å²) in [7, 11) is 0. The van der Waals surface area contributed by atoms with Gasteiger partial charge in [0.15, 0.2) is 0 Å². The number of benzene rings is 2. The minimum Gasteiger partial charge on any atom is -0.325 e. The van der Waals surface area contributed by atoms with Crippen LogP contribution in [0, 0.1) is 0 Å². The maximum atomic E-state index is 12.1. The van der Waals surface area contributed by atoms with Gasteiger partial charge < -0.3 is 5.32 Å². The summed E-state index contributed by atoms with van der Waals surface area (Å²) in [6.07, 6.45) is 6.74. The first-order chi connectivity index (χ1) is 10.2. The van der Waals surface area contributed by atoms with E-state index in [9.17, 15) is 4.79 Å². The number of carbonyl (C=O) groups excluding carboxylic acids is 1. The Morgan fingerprint density at radius 2 is 2.00 bits per heavy atom. The lowest BCUT2D eigenvalue weighted by Gasteiger charge is -2.27. The normalized spacial score (nSPS) is 18.9. The van der Waals surface area contributed by atoms with Gasteiger partial charge in [-0.3, -0.25) is 4.79 Å². The van der Waals surface area contributed by atoms with E-state index in [2.05, 4.69) is 41.7 Å². The van der Waals surface area contributed by atoms with Crippen LogP contribution in [0.4, 0.5) is 5.69 Å². The maximum absolute atomic E-state index is 12.1. The first-order valence-electron chi connectivity index (χ1n) is 7.35. The summed E-state index contributed by atoms with van der Waals surface area (Å²) in [6, 6.07) is 12.5. The molecule has 2 aromatic rings. The number of allylic oxidation sites excluding steroid dienone is 4. The summed E-state index contributed by atoms with van der Waals surface area (Å²) in [4.78, 5) is 12.1. The topological polar surface area (TPSA) is 29.1 Å². The van der Waals surface area contributed by atoms with Crippen molar-refractivity contribution >= 4 is 22.4 Å². The van der Waals surface area contributed by atoms with E-state index in [1.54, 1.807) is 0 Å². The Labute approximate surface area is 125 Å². The zero-order valence-electron chi connectivity index (χ0n) is 12.4. The summed E-state index contributed by atoms with van der Waals surface area (Å²) in [5.41, 5.74) is 3.38. The molecule has 106 valence electrons. The third kappa shape index (κ3) is 2.38. The molecule has 1 aliphatic heterocycles. The van der Waals surface area contributed by atoms with Gasteiger partial charge in [-0.05, 0) is 30.4 Å². The van der Waals surface area contributed by atoms with Crippen LogP contribution in [0.15, 0.2) is 60.2 Å². The van der Waals surface area contributed by atoms with E-state index in [0.717, 1.165) is 16.5 Å². The number of hydrogen-bond donors (Lipinski definition) is 1. The van der Waals surface area contributed by atoms with Gasteiger partial charge in [-0.2, -0.15) is 0 Å². The predicted octanol–water partition coefficient (Wildman–Crippen LogP) is 4.79. The Morgan fingerprint density at radius 1 is 1.19 bits per heavy atom. The van der Waals surface area contributed by atoms with Crippen molar-refractivity contribution in [3.05, 3.63) is 65.8 Å². The number of nitrogens with one attached hydrogen (secondary N) is 1. The first kappa shape index (κ1) is 13.6. The number of anilines is 1. The number of rotatable bonds is 2. The lowest BCUT2D eigenvalue weighted by molar-refractivity contribution is -0.116. The molecule has 2 nitrogen and oxygen atoms in total. The van der Waals surface area contributed by atoms with Crippen molar-refractivity contribution in [1.82, 2.24) is 0 Å². The van der Waals surface area contributed by atoms with Gasteiger partial charge in [0.05, 0.1) is 5.69 Å². The molecule has 0 spiro atoms. The number of carbonyl (C=O) groups is 1. The summed E-state index contributed by atoms with van der Waals surface area (Å²) in [6.45, 7) is 4.04. The van der Waals surface area contributed by atoms with Gasteiger partial charge in [-0.25, -0.2) is 0 Å². The van der Waals surface area contributed by atoms with Crippen LogP contribution in [-0.2, 0) is 4.79 Å². The molecule has 21 heavy (non-hydrogen) atoms. The van der Waals surface area contributed by atoms with E-state index in [1.165, 1.54) is 11.1 Å². The molecule has 3 rings (SSSR count). The Hall–Kier alpha value is -2.35. The molecule has 2 aromatic carbocycles. The molecule has 0 radical (unpaired) electrons. The van der Waals surface area contributed by atoms with Crippen LogP contribution >= 0.6 is 0 Å². The molecule has 0 bridgehead atoms. The molecule has 2 heteroatoms. The Bertz CT molecular complexity index is 755. The van der Waals surface area contributed by atoms with Gasteiger partial charge in [-0.15, -0.1) is 0 Å². The summed E-state index contributed by atoms with van der Waals surface area (Å²) < 4.78 is 0. The number of hydrogen-bond acceptors (Lipinski definition) is 1. The van der Waals surface area contributed by atoms with Crippen molar-refractivity contribution < 1.29 is 4.79 Å². The van der Waals surface area contributed by atoms with Gasteiger partial charge in [0, 0.05) is 17.7 Å². The van der Waals surface area contributed by atoms with Gasteiger partial charge in [0.25, 0.3) is 0 Å². The standard InChI is InChI=1S/C19H19NO/c1-3-7-13(4-2)17-12-18(21)20-19-15-9-6-5-8-14(15)10-11-16(17)19/h3-11,17H,12H2,1-2H3,(H,20,21)/b7-3-,13-4+. The minimum absolute atomic E-state index is 0.0905. The maximum Gasteiger partial charge on any atom is 0.225 e. The SMILES string of the molecule is C/C=C\C(=C/C)C1CC(=O)Nc2c1ccc1ccccc21. The Balaban J connectivity index is 2.22. The largest absolute Gasteiger partial charge is 0.325 e. The molecule has 0 aliphatic carbocycles. The monoisotopic (exact) mass is 277 g/mol. The first-order valence-corrected chi connectivity index (χ1v) is 7.35. The fourth-order valence-corrected chi connectivity index (χ4v) is 3.11. The lowest BCUT2D eigenvalue weighted by Crippen LogP contribution is -2.23. The number of fused-ring (bicyclic) bond motifs is 3. The second kappa shape index (κ2) is 5.57. The molecule has 0 aromatic heterocycles. The third-order valence-corrected chi connectivity index (χ3v) is 4.09. The Morgan fingerprint density at radius 3 is 2.76 bits per heavy atom. The summed E-state index contributed by atoms with van der Waals surface area (Å²) >= 11 is 0. The van der Waals surface area contributed by atoms with E-state index in [4.69, 9.17) is 0 Å². The highest BCUT2D eigenvalue weighted by Gasteiger charge is 2.27. The van der Waals surface area contributed by atoms with Gasteiger partial charge in [-0.1, -0.05) is 54.6 Å². The van der Waals surface area contributed by atoms with Gasteiger partial charge >= 0.3 is 0 Å².